The van der Waals surface area contributed by atoms with E-state index in [1.165, 1.54) is 16.7 Å². The van der Waals surface area contributed by atoms with Gasteiger partial charge in [-0.15, -0.1) is 0 Å². The van der Waals surface area contributed by atoms with Crippen LogP contribution in [0, 0.1) is 6.92 Å². The molecular weight excluding hydrogens is 236 g/mol. The first-order chi connectivity index (χ1) is 9.15. The zero-order valence-corrected chi connectivity index (χ0v) is 11.4. The number of hydrogen-bond acceptors (Lipinski definition) is 3. The molecule has 0 saturated heterocycles. The first-order valence-electron chi connectivity index (χ1n) is 6.56. The lowest BCUT2D eigenvalue weighted by Crippen LogP contribution is -2.27. The minimum atomic E-state index is 0.316. The SMILES string of the molecule is Cc1cnccc1CNC(C)Cc1ccc(O)cc1. The predicted molar refractivity (Wildman–Crippen MR) is 77.1 cm³/mol. The molecule has 0 saturated carbocycles. The van der Waals surface area contributed by atoms with Crippen LogP contribution in [-0.4, -0.2) is 16.1 Å². The first kappa shape index (κ1) is 13.6. The highest BCUT2D eigenvalue weighted by Crippen LogP contribution is 2.11. The zero-order chi connectivity index (χ0) is 13.7. The van der Waals surface area contributed by atoms with Crippen LogP contribution in [0.4, 0.5) is 0 Å². The normalized spacial score (nSPS) is 12.3. The van der Waals surface area contributed by atoms with Crippen molar-refractivity contribution in [3.63, 3.8) is 0 Å². The van der Waals surface area contributed by atoms with E-state index < -0.39 is 0 Å². The van der Waals surface area contributed by atoms with Gasteiger partial charge in [0.05, 0.1) is 0 Å². The van der Waals surface area contributed by atoms with Gasteiger partial charge in [0.15, 0.2) is 0 Å². The average Bonchev–Trinajstić information content (AvgIpc) is 2.40. The van der Waals surface area contributed by atoms with E-state index in [2.05, 4.69) is 30.2 Å². The standard InChI is InChI=1S/C16H20N2O/c1-12-10-17-8-7-15(12)11-18-13(2)9-14-3-5-16(19)6-4-14/h3-8,10,13,18-19H,9,11H2,1-2H3. The van der Waals surface area contributed by atoms with E-state index in [1.54, 1.807) is 12.1 Å². The average molecular weight is 256 g/mol. The summed E-state index contributed by atoms with van der Waals surface area (Å²) in [6.45, 7) is 5.10. The molecule has 1 aromatic carbocycles. The number of nitrogens with one attached hydrogen (secondary N) is 1. The fourth-order valence-corrected chi connectivity index (χ4v) is 2.04. The van der Waals surface area contributed by atoms with Crippen LogP contribution in [0.25, 0.3) is 0 Å². The third-order valence-electron chi connectivity index (χ3n) is 3.26. The minimum Gasteiger partial charge on any atom is -0.508 e. The smallest absolute Gasteiger partial charge is 0.115 e. The first-order valence-corrected chi connectivity index (χ1v) is 6.56. The van der Waals surface area contributed by atoms with E-state index in [0.717, 1.165) is 13.0 Å². The fraction of sp³-hybridized carbons (Fsp3) is 0.312. The van der Waals surface area contributed by atoms with Crippen LogP contribution in [0.5, 0.6) is 5.75 Å². The van der Waals surface area contributed by atoms with E-state index in [4.69, 9.17) is 0 Å². The molecule has 0 aliphatic heterocycles. The minimum absolute atomic E-state index is 0.316. The second kappa shape index (κ2) is 6.34. The molecule has 0 radical (unpaired) electrons. The zero-order valence-electron chi connectivity index (χ0n) is 11.4. The van der Waals surface area contributed by atoms with Crippen LogP contribution in [0.15, 0.2) is 42.7 Å². The van der Waals surface area contributed by atoms with E-state index in [-0.39, 0.29) is 0 Å². The number of rotatable bonds is 5. The van der Waals surface area contributed by atoms with Gasteiger partial charge in [0, 0.05) is 25.0 Å². The van der Waals surface area contributed by atoms with Gasteiger partial charge in [-0.2, -0.15) is 0 Å². The Bertz CT molecular complexity index is 523. The van der Waals surface area contributed by atoms with Gasteiger partial charge < -0.3 is 10.4 Å². The summed E-state index contributed by atoms with van der Waals surface area (Å²) in [5, 5.41) is 12.8. The fourth-order valence-electron chi connectivity index (χ4n) is 2.04. The van der Waals surface area contributed by atoms with Crippen molar-refractivity contribution in [2.75, 3.05) is 0 Å². The van der Waals surface area contributed by atoms with Gasteiger partial charge in [0.1, 0.15) is 5.75 Å². The summed E-state index contributed by atoms with van der Waals surface area (Å²) >= 11 is 0. The van der Waals surface area contributed by atoms with Crippen molar-refractivity contribution in [2.45, 2.75) is 32.9 Å². The molecule has 0 fully saturated rings. The van der Waals surface area contributed by atoms with Gasteiger partial charge >= 0.3 is 0 Å². The molecule has 100 valence electrons. The van der Waals surface area contributed by atoms with Gasteiger partial charge in [0.2, 0.25) is 0 Å². The van der Waals surface area contributed by atoms with Gasteiger partial charge in [-0.05, 0) is 55.2 Å². The van der Waals surface area contributed by atoms with Crippen molar-refractivity contribution in [1.29, 1.82) is 0 Å². The van der Waals surface area contributed by atoms with Crippen LogP contribution in [0.3, 0.4) is 0 Å². The number of aromatic hydroxyl groups is 1. The highest BCUT2D eigenvalue weighted by atomic mass is 16.3. The molecule has 0 aliphatic carbocycles. The van der Waals surface area contributed by atoms with E-state index in [9.17, 15) is 5.11 Å². The number of phenols is 1. The Morgan fingerprint density at radius 1 is 1.21 bits per heavy atom. The predicted octanol–water partition coefficient (Wildman–Crippen LogP) is 2.82. The van der Waals surface area contributed by atoms with Crippen LogP contribution in [-0.2, 0) is 13.0 Å². The number of aryl methyl sites for hydroxylation is 1. The second-order valence-corrected chi connectivity index (χ2v) is 4.95. The number of nitrogens with zero attached hydrogens (tertiary/aromatic N) is 1. The lowest BCUT2D eigenvalue weighted by Gasteiger charge is -2.15. The highest BCUT2D eigenvalue weighted by molar-refractivity contribution is 5.26. The van der Waals surface area contributed by atoms with Crippen molar-refractivity contribution < 1.29 is 5.11 Å². The quantitative estimate of drug-likeness (QED) is 0.864. The lowest BCUT2D eigenvalue weighted by atomic mass is 10.1. The summed E-state index contributed by atoms with van der Waals surface area (Å²) < 4.78 is 0. The van der Waals surface area contributed by atoms with E-state index in [1.807, 2.05) is 24.5 Å². The maximum atomic E-state index is 9.25. The molecule has 2 aromatic rings. The highest BCUT2D eigenvalue weighted by Gasteiger charge is 2.04. The summed E-state index contributed by atoms with van der Waals surface area (Å²) in [5.41, 5.74) is 3.73. The molecule has 3 heteroatoms. The Morgan fingerprint density at radius 2 is 1.95 bits per heavy atom. The molecule has 2 rings (SSSR count). The molecular formula is C16H20N2O. The maximum absolute atomic E-state index is 9.25. The van der Waals surface area contributed by atoms with Gasteiger partial charge in [-0.25, -0.2) is 0 Å². The molecule has 1 atom stereocenters. The van der Waals surface area contributed by atoms with E-state index >= 15 is 0 Å². The number of pyridine rings is 1. The Labute approximate surface area is 114 Å². The number of benzene rings is 1. The summed E-state index contributed by atoms with van der Waals surface area (Å²) in [4.78, 5) is 4.10. The van der Waals surface area contributed by atoms with Crippen molar-refractivity contribution in [2.24, 2.45) is 0 Å². The molecule has 0 aliphatic rings. The number of phenolic OH excluding ortho intramolecular Hbond substituents is 1. The second-order valence-electron chi connectivity index (χ2n) is 4.95. The molecule has 1 heterocycles. The summed E-state index contributed by atoms with van der Waals surface area (Å²) in [7, 11) is 0. The van der Waals surface area contributed by atoms with Crippen LogP contribution < -0.4 is 5.32 Å². The Kier molecular flexibility index (Phi) is 4.53. The van der Waals surface area contributed by atoms with Crippen molar-refractivity contribution in [1.82, 2.24) is 10.3 Å². The van der Waals surface area contributed by atoms with Gasteiger partial charge in [0.25, 0.3) is 0 Å². The molecule has 2 N–H and O–H groups in total. The molecule has 0 spiro atoms. The topological polar surface area (TPSA) is 45.2 Å². The lowest BCUT2D eigenvalue weighted by molar-refractivity contribution is 0.474. The Morgan fingerprint density at radius 3 is 2.63 bits per heavy atom. The monoisotopic (exact) mass is 256 g/mol. The maximum Gasteiger partial charge on any atom is 0.115 e. The van der Waals surface area contributed by atoms with Crippen molar-refractivity contribution in [3.8, 4) is 5.75 Å². The molecule has 1 aromatic heterocycles. The van der Waals surface area contributed by atoms with Crippen LogP contribution >= 0.6 is 0 Å². The van der Waals surface area contributed by atoms with Gasteiger partial charge in [-0.3, -0.25) is 4.98 Å². The largest absolute Gasteiger partial charge is 0.508 e. The van der Waals surface area contributed by atoms with Gasteiger partial charge in [-0.1, -0.05) is 12.1 Å². The molecule has 1 unspecified atom stereocenters. The molecule has 0 bridgehead atoms. The molecule has 3 nitrogen and oxygen atoms in total. The Hall–Kier alpha value is -1.87. The van der Waals surface area contributed by atoms with Crippen LogP contribution in [0.2, 0.25) is 0 Å². The summed E-state index contributed by atoms with van der Waals surface area (Å²) in [6, 6.07) is 9.83. The number of aromatic nitrogens is 1. The van der Waals surface area contributed by atoms with Crippen LogP contribution in [0.1, 0.15) is 23.6 Å². The summed E-state index contributed by atoms with van der Waals surface area (Å²) in [6.07, 6.45) is 4.67. The molecule has 19 heavy (non-hydrogen) atoms. The van der Waals surface area contributed by atoms with Crippen molar-refractivity contribution in [3.05, 3.63) is 59.4 Å². The molecule has 0 amide bonds. The van der Waals surface area contributed by atoms with Crippen molar-refractivity contribution >= 4 is 0 Å². The van der Waals surface area contributed by atoms with E-state index in [0.29, 0.717) is 11.8 Å². The third-order valence-corrected chi connectivity index (χ3v) is 3.26. The summed E-state index contributed by atoms with van der Waals surface area (Å²) in [5.74, 6) is 0.316. The Balaban J connectivity index is 1.86. The third kappa shape index (κ3) is 4.07. The number of hydrogen-bond donors (Lipinski definition) is 2.